The van der Waals surface area contributed by atoms with Crippen molar-refractivity contribution in [1.82, 2.24) is 19.7 Å². The lowest BCUT2D eigenvalue weighted by atomic mass is 10.2. The van der Waals surface area contributed by atoms with Gasteiger partial charge in [-0.05, 0) is 42.3 Å². The van der Waals surface area contributed by atoms with Crippen LogP contribution in [0.2, 0.25) is 0 Å². The Morgan fingerprint density at radius 3 is 2.67 bits per heavy atom. The number of fused-ring (bicyclic) bond motifs is 1. The Morgan fingerprint density at radius 1 is 1.13 bits per heavy atom. The molecule has 7 nitrogen and oxygen atoms in total. The highest BCUT2D eigenvalue weighted by molar-refractivity contribution is 7.91. The number of hydrogen-bond donors (Lipinski definition) is 1. The summed E-state index contributed by atoms with van der Waals surface area (Å²) < 4.78 is 41.1. The van der Waals surface area contributed by atoms with E-state index in [2.05, 4.69) is 15.3 Å². The highest BCUT2D eigenvalue weighted by Gasteiger charge is 2.22. The Bertz CT molecular complexity index is 1350. The molecule has 0 atom stereocenters. The first-order valence-corrected chi connectivity index (χ1v) is 10.5. The third kappa shape index (κ3) is 3.79. The predicted molar refractivity (Wildman–Crippen MR) is 107 cm³/mol. The van der Waals surface area contributed by atoms with E-state index in [9.17, 15) is 17.6 Å². The van der Waals surface area contributed by atoms with Crippen LogP contribution < -0.4 is 5.32 Å². The topological polar surface area (TPSA) is 93.4 Å². The molecule has 152 valence electrons. The molecule has 0 saturated heterocycles. The highest BCUT2D eigenvalue weighted by Crippen LogP contribution is 2.24. The van der Waals surface area contributed by atoms with Crippen LogP contribution >= 0.6 is 0 Å². The fourth-order valence-electron chi connectivity index (χ4n) is 2.95. The lowest BCUT2D eigenvalue weighted by Crippen LogP contribution is -2.23. The third-order valence-corrected chi connectivity index (χ3v) is 6.36. The van der Waals surface area contributed by atoms with Crippen LogP contribution in [0.25, 0.3) is 5.78 Å². The average Bonchev–Trinajstić information content (AvgIpc) is 3.22. The third-order valence-electron chi connectivity index (χ3n) is 4.57. The first kappa shape index (κ1) is 19.7. The quantitative estimate of drug-likeness (QED) is 0.532. The van der Waals surface area contributed by atoms with E-state index < -0.39 is 15.7 Å². The van der Waals surface area contributed by atoms with Gasteiger partial charge in [0.05, 0.1) is 10.5 Å². The second-order valence-corrected chi connectivity index (χ2v) is 8.66. The van der Waals surface area contributed by atoms with Gasteiger partial charge >= 0.3 is 0 Å². The van der Waals surface area contributed by atoms with Gasteiger partial charge in [0.25, 0.3) is 5.91 Å². The van der Waals surface area contributed by atoms with Crippen LogP contribution in [0.1, 0.15) is 21.5 Å². The number of hydrogen-bond acceptors (Lipinski definition) is 5. The maximum absolute atomic E-state index is 14.0. The van der Waals surface area contributed by atoms with Crippen molar-refractivity contribution < 1.29 is 17.6 Å². The van der Waals surface area contributed by atoms with E-state index in [1.807, 2.05) is 0 Å². The Morgan fingerprint density at radius 2 is 1.90 bits per heavy atom. The number of imidazole rings is 1. The lowest BCUT2D eigenvalue weighted by Gasteiger charge is -2.09. The van der Waals surface area contributed by atoms with Crippen LogP contribution in [0, 0.1) is 12.7 Å². The molecule has 1 amide bonds. The molecule has 30 heavy (non-hydrogen) atoms. The molecule has 4 rings (SSSR count). The largest absolute Gasteiger partial charge is 0.348 e. The summed E-state index contributed by atoms with van der Waals surface area (Å²) in [6.07, 6.45) is 6.33. The van der Waals surface area contributed by atoms with Crippen molar-refractivity contribution in [3.63, 3.8) is 0 Å². The SMILES string of the molecule is Cc1ccc(F)c(S(=O)(=O)c2ccc(CNC(=O)c3cnc4nccn4c3)cc2)c1. The Kier molecular flexibility index (Phi) is 5.04. The van der Waals surface area contributed by atoms with Crippen molar-refractivity contribution >= 4 is 21.5 Å². The van der Waals surface area contributed by atoms with Crippen molar-refractivity contribution in [3.05, 3.63) is 89.8 Å². The molecule has 0 aliphatic carbocycles. The maximum Gasteiger partial charge on any atom is 0.254 e. The molecule has 4 aromatic rings. The van der Waals surface area contributed by atoms with Gasteiger partial charge in [-0.1, -0.05) is 18.2 Å². The van der Waals surface area contributed by atoms with Crippen molar-refractivity contribution in [3.8, 4) is 0 Å². The summed E-state index contributed by atoms with van der Waals surface area (Å²) in [6.45, 7) is 1.89. The number of amides is 1. The second-order valence-electron chi connectivity index (χ2n) is 6.74. The summed E-state index contributed by atoms with van der Waals surface area (Å²) in [5.41, 5.74) is 1.72. The second kappa shape index (κ2) is 7.68. The van der Waals surface area contributed by atoms with Gasteiger partial charge in [0, 0.05) is 31.3 Å². The Hall–Kier alpha value is -3.59. The molecule has 0 spiro atoms. The number of nitrogens with zero attached hydrogens (tertiary/aromatic N) is 3. The molecular weight excluding hydrogens is 407 g/mol. The smallest absolute Gasteiger partial charge is 0.254 e. The van der Waals surface area contributed by atoms with Gasteiger partial charge in [-0.15, -0.1) is 0 Å². The van der Waals surface area contributed by atoms with Gasteiger partial charge in [0.2, 0.25) is 15.6 Å². The van der Waals surface area contributed by atoms with E-state index in [0.717, 1.165) is 6.07 Å². The molecular formula is C21H17FN4O3S. The predicted octanol–water partition coefficient (Wildman–Crippen LogP) is 2.94. The van der Waals surface area contributed by atoms with Gasteiger partial charge in [0.1, 0.15) is 10.7 Å². The van der Waals surface area contributed by atoms with Crippen LogP contribution in [0.5, 0.6) is 0 Å². The minimum absolute atomic E-state index is 0.0168. The molecule has 0 fully saturated rings. The summed E-state index contributed by atoms with van der Waals surface area (Å²) in [6, 6.07) is 9.93. The molecule has 0 radical (unpaired) electrons. The van der Waals surface area contributed by atoms with Crippen molar-refractivity contribution in [1.29, 1.82) is 0 Å². The van der Waals surface area contributed by atoms with Crippen molar-refractivity contribution in [2.24, 2.45) is 0 Å². The Labute approximate surface area is 172 Å². The zero-order valence-electron chi connectivity index (χ0n) is 15.9. The van der Waals surface area contributed by atoms with Crippen LogP contribution in [0.15, 0.2) is 77.0 Å². The first-order valence-electron chi connectivity index (χ1n) is 9.02. The standard InChI is InChI=1S/C21H17FN4O3S/c1-14-2-7-18(22)19(10-14)30(28,29)17-5-3-15(4-6-17)11-24-20(27)16-12-25-21-23-8-9-26(21)13-16/h2-10,12-13H,11H2,1H3,(H,24,27). The number of aromatic nitrogens is 3. The Balaban J connectivity index is 1.48. The maximum atomic E-state index is 14.0. The van der Waals surface area contributed by atoms with E-state index >= 15 is 0 Å². The fourth-order valence-corrected chi connectivity index (χ4v) is 4.36. The molecule has 0 unspecified atom stereocenters. The number of carbonyl (C=O) groups is 1. The van der Waals surface area contributed by atoms with Gasteiger partial charge < -0.3 is 5.32 Å². The molecule has 9 heteroatoms. The van der Waals surface area contributed by atoms with Crippen LogP contribution in [-0.2, 0) is 16.4 Å². The summed E-state index contributed by atoms with van der Waals surface area (Å²) in [7, 11) is -3.98. The zero-order chi connectivity index (χ0) is 21.3. The number of carbonyl (C=O) groups excluding carboxylic acids is 1. The minimum Gasteiger partial charge on any atom is -0.348 e. The minimum atomic E-state index is -3.98. The highest BCUT2D eigenvalue weighted by atomic mass is 32.2. The van der Waals surface area contributed by atoms with Gasteiger partial charge in [-0.25, -0.2) is 22.8 Å². The molecule has 0 aliphatic heterocycles. The van der Waals surface area contributed by atoms with E-state index in [0.29, 0.717) is 22.5 Å². The number of rotatable bonds is 5. The van der Waals surface area contributed by atoms with E-state index in [1.165, 1.54) is 30.5 Å². The number of halogens is 1. The molecule has 2 heterocycles. The van der Waals surface area contributed by atoms with E-state index in [4.69, 9.17) is 0 Å². The molecule has 0 saturated carbocycles. The number of aryl methyl sites for hydroxylation is 1. The molecule has 0 aliphatic rings. The summed E-state index contributed by atoms with van der Waals surface area (Å²) in [5, 5.41) is 2.76. The monoisotopic (exact) mass is 424 g/mol. The fraction of sp³-hybridized carbons (Fsp3) is 0.0952. The van der Waals surface area contributed by atoms with Gasteiger partial charge in [-0.2, -0.15) is 0 Å². The molecule has 2 aromatic heterocycles. The van der Waals surface area contributed by atoms with Gasteiger partial charge in [-0.3, -0.25) is 9.20 Å². The van der Waals surface area contributed by atoms with Crippen LogP contribution in [0.4, 0.5) is 4.39 Å². The first-order chi connectivity index (χ1) is 14.3. The summed E-state index contributed by atoms with van der Waals surface area (Å²) in [4.78, 5) is 20.1. The zero-order valence-corrected chi connectivity index (χ0v) is 16.7. The van der Waals surface area contributed by atoms with E-state index in [1.54, 1.807) is 42.0 Å². The summed E-state index contributed by atoms with van der Waals surface area (Å²) >= 11 is 0. The normalized spacial score (nSPS) is 11.5. The lowest BCUT2D eigenvalue weighted by molar-refractivity contribution is 0.0950. The molecule has 1 N–H and O–H groups in total. The molecule has 2 aromatic carbocycles. The average molecular weight is 424 g/mol. The molecule has 0 bridgehead atoms. The van der Waals surface area contributed by atoms with Crippen molar-refractivity contribution in [2.45, 2.75) is 23.3 Å². The summed E-state index contributed by atoms with van der Waals surface area (Å²) in [5.74, 6) is -0.620. The number of sulfone groups is 1. The van der Waals surface area contributed by atoms with Crippen molar-refractivity contribution in [2.75, 3.05) is 0 Å². The number of nitrogens with one attached hydrogen (secondary N) is 1. The van der Waals surface area contributed by atoms with E-state index in [-0.39, 0.29) is 22.2 Å². The van der Waals surface area contributed by atoms with Crippen LogP contribution in [-0.4, -0.2) is 28.7 Å². The van der Waals surface area contributed by atoms with Gasteiger partial charge in [0.15, 0.2) is 0 Å². The number of benzene rings is 2. The van der Waals surface area contributed by atoms with Crippen LogP contribution in [0.3, 0.4) is 0 Å².